The van der Waals surface area contributed by atoms with Crippen molar-refractivity contribution >= 4 is 0 Å². The summed E-state index contributed by atoms with van der Waals surface area (Å²) in [5, 5.41) is 13.2. The lowest BCUT2D eigenvalue weighted by atomic mass is 10.1. The number of phenolic OH excluding ortho intramolecular Hbond substituents is 1. The molecular formula is C13H20N2O2. The van der Waals surface area contributed by atoms with Crippen molar-refractivity contribution < 1.29 is 9.84 Å². The van der Waals surface area contributed by atoms with Gasteiger partial charge >= 0.3 is 0 Å². The number of aromatic hydroxyl groups is 1. The minimum atomic E-state index is 0.354. The molecule has 0 amide bonds. The van der Waals surface area contributed by atoms with Crippen LogP contribution < -0.4 is 10.1 Å². The van der Waals surface area contributed by atoms with E-state index in [-0.39, 0.29) is 0 Å². The number of nitrogens with one attached hydrogen (secondary N) is 1. The molecule has 1 aromatic rings. The van der Waals surface area contributed by atoms with Gasteiger partial charge in [-0.3, -0.25) is 4.90 Å². The van der Waals surface area contributed by atoms with Gasteiger partial charge in [0.1, 0.15) is 11.5 Å². The van der Waals surface area contributed by atoms with Gasteiger partial charge < -0.3 is 15.2 Å². The quantitative estimate of drug-likeness (QED) is 0.824. The zero-order valence-electron chi connectivity index (χ0n) is 10.3. The molecule has 2 rings (SSSR count). The van der Waals surface area contributed by atoms with Gasteiger partial charge in [-0.05, 0) is 25.1 Å². The minimum Gasteiger partial charge on any atom is -0.508 e. The molecule has 4 heteroatoms. The van der Waals surface area contributed by atoms with E-state index in [1.165, 1.54) is 0 Å². The minimum absolute atomic E-state index is 0.354. The lowest BCUT2D eigenvalue weighted by molar-refractivity contribution is 0.230. The van der Waals surface area contributed by atoms with Gasteiger partial charge in [-0.2, -0.15) is 0 Å². The second kappa shape index (κ2) is 5.89. The van der Waals surface area contributed by atoms with Crippen LogP contribution in [0.1, 0.15) is 12.5 Å². The number of hydrogen-bond acceptors (Lipinski definition) is 4. The fourth-order valence-electron chi connectivity index (χ4n) is 2.06. The SMILES string of the molecule is CCOc1ccc(O)c(CN2CCNCC2)c1. The highest BCUT2D eigenvalue weighted by molar-refractivity contribution is 5.39. The van der Waals surface area contributed by atoms with Crippen molar-refractivity contribution in [2.24, 2.45) is 0 Å². The number of ether oxygens (including phenoxy) is 1. The Hall–Kier alpha value is -1.26. The highest BCUT2D eigenvalue weighted by Gasteiger charge is 2.12. The maximum absolute atomic E-state index is 9.84. The van der Waals surface area contributed by atoms with Crippen LogP contribution >= 0.6 is 0 Å². The van der Waals surface area contributed by atoms with E-state index in [1.807, 2.05) is 13.0 Å². The van der Waals surface area contributed by atoms with Crippen molar-refractivity contribution in [2.45, 2.75) is 13.5 Å². The largest absolute Gasteiger partial charge is 0.508 e. The van der Waals surface area contributed by atoms with E-state index >= 15 is 0 Å². The van der Waals surface area contributed by atoms with E-state index in [4.69, 9.17) is 4.74 Å². The molecule has 17 heavy (non-hydrogen) atoms. The molecule has 0 radical (unpaired) electrons. The smallest absolute Gasteiger partial charge is 0.120 e. The van der Waals surface area contributed by atoms with Gasteiger partial charge in [0.2, 0.25) is 0 Å². The Balaban J connectivity index is 2.04. The van der Waals surface area contributed by atoms with Crippen molar-refractivity contribution in [3.63, 3.8) is 0 Å². The lowest BCUT2D eigenvalue weighted by Gasteiger charge is -2.27. The number of benzene rings is 1. The molecule has 1 aliphatic rings. The van der Waals surface area contributed by atoms with Gasteiger partial charge in [0.25, 0.3) is 0 Å². The predicted octanol–water partition coefficient (Wildman–Crippen LogP) is 1.20. The third-order valence-electron chi connectivity index (χ3n) is 2.97. The molecular weight excluding hydrogens is 216 g/mol. The highest BCUT2D eigenvalue weighted by atomic mass is 16.5. The molecule has 0 bridgehead atoms. The number of hydrogen-bond donors (Lipinski definition) is 2. The molecule has 0 unspecified atom stereocenters. The van der Waals surface area contributed by atoms with E-state index in [0.29, 0.717) is 12.4 Å². The van der Waals surface area contributed by atoms with Crippen molar-refractivity contribution in [1.29, 1.82) is 0 Å². The molecule has 0 aliphatic carbocycles. The summed E-state index contributed by atoms with van der Waals surface area (Å²) in [6.45, 7) is 7.49. The van der Waals surface area contributed by atoms with Crippen molar-refractivity contribution in [1.82, 2.24) is 10.2 Å². The summed E-state index contributed by atoms with van der Waals surface area (Å²) >= 11 is 0. The van der Waals surface area contributed by atoms with E-state index in [9.17, 15) is 5.11 Å². The fourth-order valence-corrected chi connectivity index (χ4v) is 2.06. The van der Waals surface area contributed by atoms with Crippen LogP contribution in [0.4, 0.5) is 0 Å². The average molecular weight is 236 g/mol. The molecule has 94 valence electrons. The Morgan fingerprint density at radius 3 is 2.82 bits per heavy atom. The summed E-state index contributed by atoms with van der Waals surface area (Å²) in [5.41, 5.74) is 0.942. The Bertz CT molecular complexity index is 362. The molecule has 0 saturated carbocycles. The monoisotopic (exact) mass is 236 g/mol. The highest BCUT2D eigenvalue weighted by Crippen LogP contribution is 2.24. The van der Waals surface area contributed by atoms with Crippen LogP contribution in [0.5, 0.6) is 11.5 Å². The van der Waals surface area contributed by atoms with Gasteiger partial charge in [-0.25, -0.2) is 0 Å². The van der Waals surface area contributed by atoms with Crippen LogP contribution in [-0.2, 0) is 6.54 Å². The second-order valence-electron chi connectivity index (χ2n) is 4.25. The maximum Gasteiger partial charge on any atom is 0.120 e. The Labute approximate surface area is 102 Å². The zero-order valence-corrected chi connectivity index (χ0v) is 10.3. The van der Waals surface area contributed by atoms with E-state index < -0.39 is 0 Å². The van der Waals surface area contributed by atoms with Gasteiger partial charge in [0.15, 0.2) is 0 Å². The number of nitrogens with zero attached hydrogens (tertiary/aromatic N) is 1. The second-order valence-corrected chi connectivity index (χ2v) is 4.25. The van der Waals surface area contributed by atoms with Crippen molar-refractivity contribution in [3.05, 3.63) is 23.8 Å². The van der Waals surface area contributed by atoms with E-state index in [1.54, 1.807) is 12.1 Å². The number of piperazine rings is 1. The summed E-state index contributed by atoms with van der Waals surface area (Å²) in [6.07, 6.45) is 0. The maximum atomic E-state index is 9.84. The third kappa shape index (κ3) is 3.35. The van der Waals surface area contributed by atoms with Gasteiger partial charge in [0.05, 0.1) is 6.61 Å². The van der Waals surface area contributed by atoms with Crippen LogP contribution in [0.15, 0.2) is 18.2 Å². The molecule has 2 N–H and O–H groups in total. The van der Waals surface area contributed by atoms with Crippen molar-refractivity contribution in [3.8, 4) is 11.5 Å². The molecule has 1 aromatic carbocycles. The molecule has 1 fully saturated rings. The van der Waals surface area contributed by atoms with E-state index in [2.05, 4.69) is 10.2 Å². The Kier molecular flexibility index (Phi) is 4.23. The Morgan fingerprint density at radius 2 is 2.12 bits per heavy atom. The zero-order chi connectivity index (χ0) is 12.1. The van der Waals surface area contributed by atoms with Crippen LogP contribution in [0.2, 0.25) is 0 Å². The van der Waals surface area contributed by atoms with Crippen LogP contribution in [0, 0.1) is 0 Å². The molecule has 0 spiro atoms. The summed E-state index contributed by atoms with van der Waals surface area (Å²) in [4.78, 5) is 2.33. The normalized spacial score (nSPS) is 17.0. The van der Waals surface area contributed by atoms with Crippen LogP contribution in [0.3, 0.4) is 0 Å². The molecule has 0 aromatic heterocycles. The van der Waals surface area contributed by atoms with Gasteiger partial charge in [-0.15, -0.1) is 0 Å². The molecule has 1 heterocycles. The fraction of sp³-hybridized carbons (Fsp3) is 0.538. The Morgan fingerprint density at radius 1 is 1.35 bits per heavy atom. The molecule has 4 nitrogen and oxygen atoms in total. The predicted molar refractivity (Wildman–Crippen MR) is 67.4 cm³/mol. The summed E-state index contributed by atoms with van der Waals surface area (Å²) < 4.78 is 5.45. The first-order chi connectivity index (χ1) is 8.29. The van der Waals surface area contributed by atoms with Crippen LogP contribution in [0.25, 0.3) is 0 Å². The topological polar surface area (TPSA) is 44.7 Å². The molecule has 1 aliphatic heterocycles. The average Bonchev–Trinajstić information content (AvgIpc) is 2.35. The number of rotatable bonds is 4. The van der Waals surface area contributed by atoms with Gasteiger partial charge in [0, 0.05) is 38.3 Å². The standard InChI is InChI=1S/C13H20N2O2/c1-2-17-12-3-4-13(16)11(9-12)10-15-7-5-14-6-8-15/h3-4,9,14,16H,2,5-8,10H2,1H3. The first kappa shape index (κ1) is 12.2. The summed E-state index contributed by atoms with van der Waals surface area (Å²) in [5.74, 6) is 1.18. The first-order valence-electron chi connectivity index (χ1n) is 6.17. The van der Waals surface area contributed by atoms with Gasteiger partial charge in [-0.1, -0.05) is 0 Å². The summed E-state index contributed by atoms with van der Waals surface area (Å²) in [7, 11) is 0. The number of phenols is 1. The first-order valence-corrected chi connectivity index (χ1v) is 6.17. The molecule has 1 saturated heterocycles. The lowest BCUT2D eigenvalue weighted by Crippen LogP contribution is -2.42. The van der Waals surface area contributed by atoms with Crippen LogP contribution in [-0.4, -0.2) is 42.8 Å². The van der Waals surface area contributed by atoms with Crippen molar-refractivity contribution in [2.75, 3.05) is 32.8 Å². The third-order valence-corrected chi connectivity index (χ3v) is 2.97. The van der Waals surface area contributed by atoms with E-state index in [0.717, 1.165) is 44.0 Å². The molecule has 0 atom stereocenters. The summed E-state index contributed by atoms with van der Waals surface area (Å²) in [6, 6.07) is 5.45.